The van der Waals surface area contributed by atoms with E-state index in [0.29, 0.717) is 18.1 Å². The fourth-order valence-corrected chi connectivity index (χ4v) is 3.23. The number of ether oxygens (including phenoxy) is 1. The van der Waals surface area contributed by atoms with Crippen molar-refractivity contribution in [2.75, 3.05) is 33.9 Å². The van der Waals surface area contributed by atoms with Crippen molar-refractivity contribution in [1.29, 1.82) is 0 Å². The monoisotopic (exact) mass is 307 g/mol. The van der Waals surface area contributed by atoms with Crippen LogP contribution in [0.2, 0.25) is 0 Å². The molecule has 2 fully saturated rings. The van der Waals surface area contributed by atoms with Gasteiger partial charge in [0.05, 0.1) is 0 Å². The van der Waals surface area contributed by atoms with E-state index >= 15 is 0 Å². The summed E-state index contributed by atoms with van der Waals surface area (Å²) >= 11 is 0. The molecule has 1 aliphatic heterocycles. The van der Waals surface area contributed by atoms with E-state index in [2.05, 4.69) is 29.3 Å². The largest absolute Gasteiger partial charge is 0.448 e. The summed E-state index contributed by atoms with van der Waals surface area (Å²) in [7, 11) is 4.15. The molecule has 0 radical (unpaired) electrons. The van der Waals surface area contributed by atoms with Crippen LogP contribution in [0.1, 0.15) is 54.4 Å². The number of oxazole rings is 1. The van der Waals surface area contributed by atoms with Gasteiger partial charge in [0.15, 0.2) is 11.6 Å². The van der Waals surface area contributed by atoms with E-state index in [0.717, 1.165) is 38.9 Å². The molecule has 3 rings (SSSR count). The van der Waals surface area contributed by atoms with Crippen LogP contribution in [0.5, 0.6) is 0 Å². The SMILES string of the molecule is CN(C)C1(CNC(=O)c2coc(C3CCOCC3)n2)CCC1. The van der Waals surface area contributed by atoms with Gasteiger partial charge >= 0.3 is 0 Å². The van der Waals surface area contributed by atoms with E-state index in [1.807, 2.05) is 0 Å². The van der Waals surface area contributed by atoms with E-state index in [-0.39, 0.29) is 17.4 Å². The molecule has 1 aliphatic carbocycles. The highest BCUT2D eigenvalue weighted by Crippen LogP contribution is 2.35. The number of likely N-dealkylation sites (N-methyl/N-ethyl adjacent to an activating group) is 1. The zero-order valence-corrected chi connectivity index (χ0v) is 13.4. The Kier molecular flexibility index (Phi) is 4.49. The van der Waals surface area contributed by atoms with Crippen LogP contribution in [-0.4, -0.2) is 55.2 Å². The highest BCUT2D eigenvalue weighted by molar-refractivity contribution is 5.91. The van der Waals surface area contributed by atoms with Crippen molar-refractivity contribution in [1.82, 2.24) is 15.2 Å². The Bertz CT molecular complexity index is 516. The number of hydrogen-bond acceptors (Lipinski definition) is 5. The number of amides is 1. The molecular weight excluding hydrogens is 282 g/mol. The van der Waals surface area contributed by atoms with Crippen molar-refractivity contribution in [2.24, 2.45) is 0 Å². The Labute approximate surface area is 131 Å². The number of nitrogens with one attached hydrogen (secondary N) is 1. The zero-order chi connectivity index (χ0) is 15.6. The van der Waals surface area contributed by atoms with Crippen LogP contribution < -0.4 is 5.32 Å². The molecule has 1 N–H and O–H groups in total. The summed E-state index contributed by atoms with van der Waals surface area (Å²) in [4.78, 5) is 18.9. The van der Waals surface area contributed by atoms with Gasteiger partial charge in [-0.25, -0.2) is 4.98 Å². The molecule has 1 saturated carbocycles. The molecule has 0 bridgehead atoms. The van der Waals surface area contributed by atoms with Gasteiger partial charge in [-0.05, 0) is 46.2 Å². The predicted molar refractivity (Wildman–Crippen MR) is 81.9 cm³/mol. The normalized spacial score (nSPS) is 21.6. The van der Waals surface area contributed by atoms with Crippen molar-refractivity contribution in [3.8, 4) is 0 Å². The quantitative estimate of drug-likeness (QED) is 0.898. The summed E-state index contributed by atoms with van der Waals surface area (Å²) in [6, 6.07) is 0. The molecule has 0 aromatic carbocycles. The van der Waals surface area contributed by atoms with Gasteiger partial charge in [-0.1, -0.05) is 0 Å². The average molecular weight is 307 g/mol. The number of rotatable bonds is 5. The van der Waals surface area contributed by atoms with Crippen LogP contribution in [0, 0.1) is 0 Å². The topological polar surface area (TPSA) is 67.6 Å². The van der Waals surface area contributed by atoms with Crippen LogP contribution in [0.4, 0.5) is 0 Å². The standard InChI is InChI=1S/C16H25N3O3/c1-19(2)16(6-3-7-16)11-17-14(20)13-10-22-15(18-13)12-4-8-21-9-5-12/h10,12H,3-9,11H2,1-2H3,(H,17,20). The molecule has 1 aromatic heterocycles. The molecule has 122 valence electrons. The second kappa shape index (κ2) is 6.38. The Hall–Kier alpha value is -1.40. The zero-order valence-electron chi connectivity index (χ0n) is 13.4. The number of carbonyl (C=O) groups is 1. The van der Waals surface area contributed by atoms with E-state index < -0.39 is 0 Å². The Morgan fingerprint density at radius 2 is 2.14 bits per heavy atom. The number of carbonyl (C=O) groups excluding carboxylic acids is 1. The smallest absolute Gasteiger partial charge is 0.273 e. The van der Waals surface area contributed by atoms with E-state index in [1.165, 1.54) is 12.7 Å². The van der Waals surface area contributed by atoms with Crippen molar-refractivity contribution in [3.63, 3.8) is 0 Å². The van der Waals surface area contributed by atoms with E-state index in [4.69, 9.17) is 9.15 Å². The van der Waals surface area contributed by atoms with Crippen molar-refractivity contribution in [3.05, 3.63) is 17.8 Å². The molecule has 1 saturated heterocycles. The summed E-state index contributed by atoms with van der Waals surface area (Å²) < 4.78 is 10.8. The first-order valence-corrected chi connectivity index (χ1v) is 8.09. The summed E-state index contributed by atoms with van der Waals surface area (Å²) in [5, 5.41) is 3.01. The van der Waals surface area contributed by atoms with Crippen LogP contribution in [0.25, 0.3) is 0 Å². The van der Waals surface area contributed by atoms with Crippen molar-refractivity contribution < 1.29 is 13.9 Å². The molecule has 6 heteroatoms. The second-order valence-electron chi connectivity index (χ2n) is 6.61. The van der Waals surface area contributed by atoms with Gasteiger partial charge in [0, 0.05) is 31.2 Å². The van der Waals surface area contributed by atoms with Crippen molar-refractivity contribution >= 4 is 5.91 Å². The third kappa shape index (κ3) is 3.03. The van der Waals surface area contributed by atoms with Gasteiger partial charge in [-0.15, -0.1) is 0 Å². The van der Waals surface area contributed by atoms with Crippen LogP contribution in [0.15, 0.2) is 10.7 Å². The van der Waals surface area contributed by atoms with Crippen LogP contribution >= 0.6 is 0 Å². The lowest BCUT2D eigenvalue weighted by atomic mass is 9.75. The molecule has 1 amide bonds. The Morgan fingerprint density at radius 1 is 1.41 bits per heavy atom. The number of aromatic nitrogens is 1. The molecule has 2 aliphatic rings. The number of hydrogen-bond donors (Lipinski definition) is 1. The fraction of sp³-hybridized carbons (Fsp3) is 0.750. The maximum atomic E-state index is 12.3. The van der Waals surface area contributed by atoms with E-state index in [1.54, 1.807) is 0 Å². The van der Waals surface area contributed by atoms with Crippen molar-refractivity contribution in [2.45, 2.75) is 43.6 Å². The average Bonchev–Trinajstić information content (AvgIpc) is 2.96. The minimum absolute atomic E-state index is 0.114. The Balaban J connectivity index is 1.57. The molecule has 2 heterocycles. The highest BCUT2D eigenvalue weighted by atomic mass is 16.5. The lowest BCUT2D eigenvalue weighted by molar-refractivity contribution is 0.0556. The lowest BCUT2D eigenvalue weighted by Crippen LogP contribution is -2.57. The third-order valence-electron chi connectivity index (χ3n) is 5.14. The lowest BCUT2D eigenvalue weighted by Gasteiger charge is -2.47. The van der Waals surface area contributed by atoms with Gasteiger partial charge in [0.25, 0.3) is 5.91 Å². The second-order valence-corrected chi connectivity index (χ2v) is 6.61. The summed E-state index contributed by atoms with van der Waals surface area (Å²) in [5.74, 6) is 0.796. The van der Waals surface area contributed by atoms with Gasteiger partial charge in [-0.3, -0.25) is 4.79 Å². The summed E-state index contributed by atoms with van der Waals surface area (Å²) in [6.07, 6.45) is 6.78. The molecule has 0 unspecified atom stereocenters. The third-order valence-corrected chi connectivity index (χ3v) is 5.14. The predicted octanol–water partition coefficient (Wildman–Crippen LogP) is 1.78. The fourth-order valence-electron chi connectivity index (χ4n) is 3.23. The van der Waals surface area contributed by atoms with Gasteiger partial charge in [0.1, 0.15) is 6.26 Å². The van der Waals surface area contributed by atoms with Crippen LogP contribution in [-0.2, 0) is 4.74 Å². The minimum Gasteiger partial charge on any atom is -0.448 e. The molecule has 1 aromatic rings. The molecule has 0 spiro atoms. The molecule has 0 atom stereocenters. The molecule has 6 nitrogen and oxygen atoms in total. The maximum absolute atomic E-state index is 12.3. The molecule has 22 heavy (non-hydrogen) atoms. The first-order valence-electron chi connectivity index (χ1n) is 8.09. The maximum Gasteiger partial charge on any atom is 0.273 e. The first kappa shape index (κ1) is 15.5. The van der Waals surface area contributed by atoms with Gasteiger partial charge in [-0.2, -0.15) is 0 Å². The Morgan fingerprint density at radius 3 is 2.73 bits per heavy atom. The molecular formula is C16H25N3O3. The highest BCUT2D eigenvalue weighted by Gasteiger charge is 2.39. The van der Waals surface area contributed by atoms with Crippen LogP contribution in [0.3, 0.4) is 0 Å². The van der Waals surface area contributed by atoms with Gasteiger partial charge < -0.3 is 19.4 Å². The summed E-state index contributed by atoms with van der Waals surface area (Å²) in [5.41, 5.74) is 0.498. The van der Waals surface area contributed by atoms with Gasteiger partial charge in [0.2, 0.25) is 0 Å². The minimum atomic E-state index is -0.143. The summed E-state index contributed by atoms with van der Waals surface area (Å²) in [6.45, 7) is 2.14. The number of nitrogens with zero attached hydrogens (tertiary/aromatic N) is 2. The first-order chi connectivity index (χ1) is 10.6. The van der Waals surface area contributed by atoms with E-state index in [9.17, 15) is 4.79 Å².